The van der Waals surface area contributed by atoms with Crippen molar-refractivity contribution >= 4 is 27.7 Å². The molecule has 146 valence electrons. The van der Waals surface area contributed by atoms with Gasteiger partial charge < -0.3 is 14.8 Å². The Hall–Kier alpha value is -2.55. The molecule has 0 spiro atoms. The van der Waals surface area contributed by atoms with Crippen molar-refractivity contribution in [3.8, 4) is 11.3 Å². The lowest BCUT2D eigenvalue weighted by atomic mass is 10.1. The second-order valence-electron chi connectivity index (χ2n) is 6.51. The van der Waals surface area contributed by atoms with E-state index in [0.29, 0.717) is 17.2 Å². The van der Waals surface area contributed by atoms with E-state index in [-0.39, 0.29) is 0 Å². The van der Waals surface area contributed by atoms with Crippen molar-refractivity contribution in [2.75, 3.05) is 36.0 Å². The van der Waals surface area contributed by atoms with Crippen LogP contribution in [0.15, 0.2) is 53.3 Å². The molecule has 1 aliphatic heterocycles. The maximum Gasteiger partial charge on any atom is 0.416 e. The summed E-state index contributed by atoms with van der Waals surface area (Å²) in [5, 5.41) is 0. The van der Waals surface area contributed by atoms with E-state index < -0.39 is 11.7 Å². The van der Waals surface area contributed by atoms with E-state index in [2.05, 4.69) is 40.7 Å². The summed E-state index contributed by atoms with van der Waals surface area (Å²) in [6.07, 6.45) is -1.01. The Kier molecular flexibility index (Phi) is 5.01. The summed E-state index contributed by atoms with van der Waals surface area (Å²) >= 11 is 3.38. The summed E-state index contributed by atoms with van der Waals surface area (Å²) in [4.78, 5) is 16.2. The topological polar surface area (TPSA) is 48.1 Å². The number of anilines is 2. The monoisotopic (exact) mass is 451 g/mol. The first-order valence-electron chi connectivity index (χ1n) is 8.74. The summed E-state index contributed by atoms with van der Waals surface area (Å²) in [6.45, 7) is 3.06. The molecular formula is C19H17BrF3N5. The van der Waals surface area contributed by atoms with E-state index >= 15 is 0 Å². The van der Waals surface area contributed by atoms with Crippen LogP contribution >= 0.6 is 15.9 Å². The first-order chi connectivity index (χ1) is 13.4. The van der Waals surface area contributed by atoms with Crippen LogP contribution in [-0.2, 0) is 6.18 Å². The fourth-order valence-electron chi connectivity index (χ4n) is 3.18. The molecule has 1 aromatic carbocycles. The number of imidazole rings is 1. The number of aromatic amines is 1. The normalized spacial score (nSPS) is 15.1. The molecule has 0 radical (unpaired) electrons. The van der Waals surface area contributed by atoms with Crippen molar-refractivity contribution < 1.29 is 13.2 Å². The summed E-state index contributed by atoms with van der Waals surface area (Å²) in [5.41, 5.74) is 0.362. The standard InChI is InChI=1S/C19H17BrF3N5/c20-15-4-5-17(24-11-15)27-6-8-28(9-7-27)18-25-12-16(26-18)13-2-1-3-14(10-13)19(21,22)23/h1-5,10-12H,6-9H2,(H,25,26). The molecule has 0 amide bonds. The molecule has 2 aromatic heterocycles. The van der Waals surface area contributed by atoms with Gasteiger partial charge in [0.25, 0.3) is 0 Å². The number of nitrogens with one attached hydrogen (secondary N) is 1. The van der Waals surface area contributed by atoms with Gasteiger partial charge in [0, 0.05) is 42.4 Å². The number of hydrogen-bond donors (Lipinski definition) is 1. The van der Waals surface area contributed by atoms with Gasteiger partial charge in [-0.05, 0) is 40.2 Å². The van der Waals surface area contributed by atoms with E-state index in [1.54, 1.807) is 18.5 Å². The van der Waals surface area contributed by atoms with Crippen LogP contribution in [0.25, 0.3) is 11.3 Å². The Morgan fingerprint density at radius 3 is 2.36 bits per heavy atom. The number of aromatic nitrogens is 3. The van der Waals surface area contributed by atoms with Gasteiger partial charge in [-0.2, -0.15) is 13.2 Å². The molecule has 3 heterocycles. The lowest BCUT2D eigenvalue weighted by molar-refractivity contribution is -0.137. The molecule has 1 N–H and O–H groups in total. The number of rotatable bonds is 3. The largest absolute Gasteiger partial charge is 0.416 e. The quantitative estimate of drug-likeness (QED) is 0.632. The molecule has 1 fully saturated rings. The zero-order chi connectivity index (χ0) is 19.7. The number of benzene rings is 1. The number of alkyl halides is 3. The smallest absolute Gasteiger partial charge is 0.353 e. The van der Waals surface area contributed by atoms with Crippen LogP contribution in [0, 0.1) is 0 Å². The first kappa shape index (κ1) is 18.8. The van der Waals surface area contributed by atoms with Crippen LogP contribution in [0.5, 0.6) is 0 Å². The zero-order valence-electron chi connectivity index (χ0n) is 14.7. The number of nitrogens with zero attached hydrogens (tertiary/aromatic N) is 4. The predicted octanol–water partition coefficient (Wildman–Crippen LogP) is 4.58. The van der Waals surface area contributed by atoms with E-state index in [9.17, 15) is 13.2 Å². The van der Waals surface area contributed by atoms with Gasteiger partial charge in [-0.3, -0.25) is 0 Å². The van der Waals surface area contributed by atoms with Crippen molar-refractivity contribution in [2.24, 2.45) is 0 Å². The van der Waals surface area contributed by atoms with Gasteiger partial charge in [0.1, 0.15) is 5.82 Å². The Morgan fingerprint density at radius 2 is 1.68 bits per heavy atom. The molecule has 4 rings (SSSR count). The number of H-pyrrole nitrogens is 1. The highest BCUT2D eigenvalue weighted by Crippen LogP contribution is 2.32. The molecule has 5 nitrogen and oxygen atoms in total. The number of halogens is 4. The molecule has 0 unspecified atom stereocenters. The van der Waals surface area contributed by atoms with Crippen molar-refractivity contribution in [3.63, 3.8) is 0 Å². The highest BCUT2D eigenvalue weighted by Gasteiger charge is 2.30. The summed E-state index contributed by atoms with van der Waals surface area (Å²) in [6, 6.07) is 9.18. The number of hydrogen-bond acceptors (Lipinski definition) is 4. The SMILES string of the molecule is FC(F)(F)c1cccc(-c2cnc(N3CCN(c4ccc(Br)cn4)CC3)[nH]2)c1. The van der Waals surface area contributed by atoms with Crippen molar-refractivity contribution in [3.05, 3.63) is 58.8 Å². The Balaban J connectivity index is 1.45. The van der Waals surface area contributed by atoms with Crippen LogP contribution in [-0.4, -0.2) is 41.1 Å². The molecular weight excluding hydrogens is 435 g/mol. The minimum absolute atomic E-state index is 0.464. The fraction of sp³-hybridized carbons (Fsp3) is 0.263. The molecule has 1 aliphatic rings. The summed E-state index contributed by atoms with van der Waals surface area (Å²) in [7, 11) is 0. The van der Waals surface area contributed by atoms with E-state index in [4.69, 9.17) is 0 Å². The second kappa shape index (κ2) is 7.46. The number of pyridine rings is 1. The van der Waals surface area contributed by atoms with Crippen LogP contribution < -0.4 is 9.80 Å². The van der Waals surface area contributed by atoms with Gasteiger partial charge in [-0.1, -0.05) is 12.1 Å². The molecule has 1 saturated heterocycles. The third-order valence-corrected chi connectivity index (χ3v) is 5.15. The van der Waals surface area contributed by atoms with E-state index in [0.717, 1.165) is 48.6 Å². The third kappa shape index (κ3) is 3.99. The Morgan fingerprint density at radius 1 is 0.929 bits per heavy atom. The molecule has 0 aliphatic carbocycles. The minimum atomic E-state index is -4.36. The summed E-state index contributed by atoms with van der Waals surface area (Å²) in [5.74, 6) is 1.59. The van der Waals surface area contributed by atoms with Gasteiger partial charge in [0.05, 0.1) is 17.5 Å². The fourth-order valence-corrected chi connectivity index (χ4v) is 3.42. The van der Waals surface area contributed by atoms with Gasteiger partial charge >= 0.3 is 6.18 Å². The third-order valence-electron chi connectivity index (χ3n) is 4.68. The molecule has 0 bridgehead atoms. The molecule has 0 atom stereocenters. The maximum atomic E-state index is 12.9. The maximum absolute atomic E-state index is 12.9. The molecule has 3 aromatic rings. The Bertz CT molecular complexity index is 947. The van der Waals surface area contributed by atoms with Crippen molar-refractivity contribution in [1.29, 1.82) is 0 Å². The Labute approximate surface area is 168 Å². The van der Waals surface area contributed by atoms with Crippen LogP contribution in [0.2, 0.25) is 0 Å². The average molecular weight is 452 g/mol. The minimum Gasteiger partial charge on any atom is -0.353 e. The van der Waals surface area contributed by atoms with Gasteiger partial charge in [-0.25, -0.2) is 9.97 Å². The molecule has 28 heavy (non-hydrogen) atoms. The van der Waals surface area contributed by atoms with Gasteiger partial charge in [-0.15, -0.1) is 0 Å². The molecule has 0 saturated carbocycles. The van der Waals surface area contributed by atoms with Crippen molar-refractivity contribution in [2.45, 2.75) is 6.18 Å². The zero-order valence-corrected chi connectivity index (χ0v) is 16.3. The first-order valence-corrected chi connectivity index (χ1v) is 9.53. The highest BCUT2D eigenvalue weighted by atomic mass is 79.9. The predicted molar refractivity (Wildman–Crippen MR) is 105 cm³/mol. The average Bonchev–Trinajstić information content (AvgIpc) is 3.18. The second-order valence-corrected chi connectivity index (χ2v) is 7.42. The van der Waals surface area contributed by atoms with Crippen LogP contribution in [0.3, 0.4) is 0 Å². The van der Waals surface area contributed by atoms with Crippen molar-refractivity contribution in [1.82, 2.24) is 15.0 Å². The summed E-state index contributed by atoms with van der Waals surface area (Å²) < 4.78 is 39.7. The molecule has 9 heteroatoms. The van der Waals surface area contributed by atoms with Crippen LogP contribution in [0.4, 0.5) is 24.9 Å². The van der Waals surface area contributed by atoms with E-state index in [1.165, 1.54) is 6.07 Å². The number of piperazine rings is 1. The lowest BCUT2D eigenvalue weighted by Crippen LogP contribution is -2.47. The van der Waals surface area contributed by atoms with Gasteiger partial charge in [0.2, 0.25) is 5.95 Å². The van der Waals surface area contributed by atoms with Crippen LogP contribution in [0.1, 0.15) is 5.56 Å². The van der Waals surface area contributed by atoms with Gasteiger partial charge in [0.15, 0.2) is 0 Å². The van der Waals surface area contributed by atoms with E-state index in [1.807, 2.05) is 12.1 Å². The lowest BCUT2D eigenvalue weighted by Gasteiger charge is -2.35. The highest BCUT2D eigenvalue weighted by molar-refractivity contribution is 9.10.